The minimum absolute atomic E-state index is 0.0305. The number of urea groups is 1. The SMILES string of the molecule is CCCCCCCCCCCCCCCCCC(C)NC(=O)NS(=O)(=O)CCCl. The summed E-state index contributed by atoms with van der Waals surface area (Å²) in [5.74, 6) is -0.285. The fourth-order valence-corrected chi connectivity index (χ4v) is 4.70. The van der Waals surface area contributed by atoms with E-state index in [9.17, 15) is 13.2 Å². The van der Waals surface area contributed by atoms with Crippen LogP contribution in [0.1, 0.15) is 117 Å². The molecule has 29 heavy (non-hydrogen) atoms. The Kier molecular flexibility index (Phi) is 19.1. The number of alkyl halides is 1. The van der Waals surface area contributed by atoms with E-state index < -0.39 is 16.1 Å². The standard InChI is InChI=1S/C22H45ClN2O3S/c1-3-4-5-6-7-8-9-10-11-12-13-14-15-16-17-18-21(2)24-22(26)25-29(27,28)20-19-23/h21H,3-20H2,1-2H3,(H2,24,25,26). The van der Waals surface area contributed by atoms with Crippen molar-refractivity contribution in [2.45, 2.75) is 123 Å². The van der Waals surface area contributed by atoms with Gasteiger partial charge >= 0.3 is 6.03 Å². The molecule has 0 rings (SSSR count). The first-order valence-electron chi connectivity index (χ1n) is 11.8. The molecular weight excluding hydrogens is 408 g/mol. The van der Waals surface area contributed by atoms with E-state index in [-0.39, 0.29) is 17.7 Å². The summed E-state index contributed by atoms with van der Waals surface area (Å²) in [5, 5.41) is 2.67. The molecule has 0 fully saturated rings. The predicted octanol–water partition coefficient (Wildman–Crippen LogP) is 6.50. The average molecular weight is 453 g/mol. The zero-order valence-electron chi connectivity index (χ0n) is 18.8. The molecule has 0 saturated heterocycles. The number of amides is 2. The van der Waals surface area contributed by atoms with Gasteiger partial charge in [-0.2, -0.15) is 0 Å². The Labute approximate surface area is 185 Å². The quantitative estimate of drug-likeness (QED) is 0.163. The number of unbranched alkanes of at least 4 members (excludes halogenated alkanes) is 14. The van der Waals surface area contributed by atoms with Crippen LogP contribution < -0.4 is 10.0 Å². The van der Waals surface area contributed by atoms with Gasteiger partial charge in [-0.3, -0.25) is 0 Å². The van der Waals surface area contributed by atoms with E-state index in [0.29, 0.717) is 0 Å². The molecule has 1 atom stereocenters. The molecule has 2 N–H and O–H groups in total. The summed E-state index contributed by atoms with van der Waals surface area (Å²) in [6, 6.07) is -0.702. The minimum atomic E-state index is -3.62. The lowest BCUT2D eigenvalue weighted by Crippen LogP contribution is -2.44. The Morgan fingerprint density at radius 3 is 1.62 bits per heavy atom. The Morgan fingerprint density at radius 2 is 1.21 bits per heavy atom. The molecule has 0 heterocycles. The second kappa shape index (κ2) is 19.5. The molecule has 0 aromatic rings. The molecule has 1 unspecified atom stereocenters. The van der Waals surface area contributed by atoms with E-state index >= 15 is 0 Å². The van der Waals surface area contributed by atoms with Crippen LogP contribution >= 0.6 is 11.6 Å². The molecule has 0 bridgehead atoms. The zero-order chi connectivity index (χ0) is 21.8. The summed E-state index contributed by atoms with van der Waals surface area (Å²) in [6.45, 7) is 4.17. The van der Waals surface area contributed by atoms with E-state index in [2.05, 4.69) is 12.2 Å². The van der Waals surface area contributed by atoms with Gasteiger partial charge in [-0.1, -0.05) is 103 Å². The number of nitrogens with one attached hydrogen (secondary N) is 2. The van der Waals surface area contributed by atoms with Gasteiger partial charge < -0.3 is 5.32 Å². The molecule has 0 aliphatic rings. The number of carbonyl (C=O) groups is 1. The molecule has 0 spiro atoms. The molecule has 2 amide bonds. The van der Waals surface area contributed by atoms with Gasteiger partial charge in [0, 0.05) is 11.9 Å². The Balaban J connectivity index is 3.40. The van der Waals surface area contributed by atoms with Gasteiger partial charge in [0.25, 0.3) is 0 Å². The van der Waals surface area contributed by atoms with Gasteiger partial charge in [-0.25, -0.2) is 17.9 Å². The van der Waals surface area contributed by atoms with E-state index in [1.54, 1.807) is 0 Å². The second-order valence-corrected chi connectivity index (χ2v) is 10.4. The maximum absolute atomic E-state index is 11.7. The summed E-state index contributed by atoms with van der Waals surface area (Å²) in [6.07, 6.45) is 20.8. The number of hydrogen-bond donors (Lipinski definition) is 2. The summed E-state index contributed by atoms with van der Waals surface area (Å²) in [4.78, 5) is 11.7. The van der Waals surface area contributed by atoms with Crippen LogP contribution in [0.2, 0.25) is 0 Å². The van der Waals surface area contributed by atoms with Crippen LogP contribution in [0.3, 0.4) is 0 Å². The zero-order valence-corrected chi connectivity index (χ0v) is 20.4. The molecule has 0 aliphatic carbocycles. The summed E-state index contributed by atoms with van der Waals surface area (Å²) in [7, 11) is -3.62. The maximum Gasteiger partial charge on any atom is 0.328 e. The van der Waals surface area contributed by atoms with Crippen molar-refractivity contribution in [2.75, 3.05) is 11.6 Å². The molecule has 0 aromatic carbocycles. The van der Waals surface area contributed by atoms with Crippen LogP contribution in [0, 0.1) is 0 Å². The number of sulfonamides is 1. The number of halogens is 1. The monoisotopic (exact) mass is 452 g/mol. The van der Waals surface area contributed by atoms with Crippen molar-refractivity contribution in [1.82, 2.24) is 10.0 Å². The van der Waals surface area contributed by atoms with Crippen molar-refractivity contribution >= 4 is 27.7 Å². The topological polar surface area (TPSA) is 75.3 Å². The Morgan fingerprint density at radius 1 is 0.793 bits per heavy atom. The van der Waals surface area contributed by atoms with Gasteiger partial charge in [0.05, 0.1) is 5.75 Å². The molecule has 174 valence electrons. The first-order chi connectivity index (χ1) is 13.9. The Hall–Kier alpha value is -0.490. The molecular formula is C22H45ClN2O3S. The molecule has 0 aromatic heterocycles. The highest BCUT2D eigenvalue weighted by molar-refractivity contribution is 7.90. The van der Waals surface area contributed by atoms with Gasteiger partial charge in [-0.05, 0) is 13.3 Å². The lowest BCUT2D eigenvalue weighted by atomic mass is 10.0. The molecule has 5 nitrogen and oxygen atoms in total. The predicted molar refractivity (Wildman–Crippen MR) is 125 cm³/mol. The minimum Gasteiger partial charge on any atom is -0.335 e. The van der Waals surface area contributed by atoms with E-state index in [1.165, 1.54) is 83.5 Å². The van der Waals surface area contributed by atoms with E-state index in [1.807, 2.05) is 11.6 Å². The number of rotatable bonds is 20. The van der Waals surface area contributed by atoms with Gasteiger partial charge in [-0.15, -0.1) is 11.6 Å². The molecule has 0 radical (unpaired) electrons. The van der Waals surface area contributed by atoms with Crippen molar-refractivity contribution in [3.05, 3.63) is 0 Å². The highest BCUT2D eigenvalue weighted by Gasteiger charge is 2.15. The van der Waals surface area contributed by atoms with Crippen LogP contribution in [0.25, 0.3) is 0 Å². The lowest BCUT2D eigenvalue weighted by molar-refractivity contribution is 0.242. The largest absolute Gasteiger partial charge is 0.335 e. The normalized spacial score (nSPS) is 12.7. The molecule has 0 saturated carbocycles. The van der Waals surface area contributed by atoms with Gasteiger partial charge in [0.1, 0.15) is 0 Å². The summed E-state index contributed by atoms with van der Waals surface area (Å²) >= 11 is 5.40. The third kappa shape index (κ3) is 20.6. The molecule has 7 heteroatoms. The Bertz CT molecular complexity index is 486. The fourth-order valence-electron chi connectivity index (χ4n) is 3.44. The van der Waals surface area contributed by atoms with Crippen LogP contribution in [0.4, 0.5) is 4.79 Å². The van der Waals surface area contributed by atoms with Crippen LogP contribution in [-0.4, -0.2) is 32.1 Å². The van der Waals surface area contributed by atoms with Crippen molar-refractivity contribution in [2.24, 2.45) is 0 Å². The third-order valence-corrected chi connectivity index (χ3v) is 6.86. The molecule has 0 aliphatic heterocycles. The maximum atomic E-state index is 11.7. The first kappa shape index (κ1) is 28.5. The van der Waals surface area contributed by atoms with Crippen LogP contribution in [-0.2, 0) is 10.0 Å². The lowest BCUT2D eigenvalue weighted by Gasteiger charge is -2.14. The second-order valence-electron chi connectivity index (χ2n) is 8.22. The highest BCUT2D eigenvalue weighted by atomic mass is 35.5. The summed E-state index contributed by atoms with van der Waals surface area (Å²) < 4.78 is 24.9. The van der Waals surface area contributed by atoms with Crippen molar-refractivity contribution in [1.29, 1.82) is 0 Å². The van der Waals surface area contributed by atoms with Gasteiger partial charge in [0.2, 0.25) is 10.0 Å². The van der Waals surface area contributed by atoms with E-state index in [0.717, 1.165) is 19.3 Å². The van der Waals surface area contributed by atoms with Crippen molar-refractivity contribution in [3.8, 4) is 0 Å². The number of carbonyl (C=O) groups excluding carboxylic acids is 1. The average Bonchev–Trinajstić information content (AvgIpc) is 2.64. The third-order valence-electron chi connectivity index (χ3n) is 5.21. The van der Waals surface area contributed by atoms with Gasteiger partial charge in [0.15, 0.2) is 0 Å². The van der Waals surface area contributed by atoms with E-state index in [4.69, 9.17) is 11.6 Å². The highest BCUT2D eigenvalue weighted by Crippen LogP contribution is 2.14. The van der Waals surface area contributed by atoms with Crippen LogP contribution in [0.5, 0.6) is 0 Å². The van der Waals surface area contributed by atoms with Crippen molar-refractivity contribution in [3.63, 3.8) is 0 Å². The smallest absolute Gasteiger partial charge is 0.328 e. The van der Waals surface area contributed by atoms with Crippen LogP contribution in [0.15, 0.2) is 0 Å². The van der Waals surface area contributed by atoms with Crippen molar-refractivity contribution < 1.29 is 13.2 Å². The number of hydrogen-bond acceptors (Lipinski definition) is 3. The summed E-state index contributed by atoms with van der Waals surface area (Å²) in [5.41, 5.74) is 0. The first-order valence-corrected chi connectivity index (χ1v) is 14.0. The fraction of sp³-hybridized carbons (Fsp3) is 0.955.